The van der Waals surface area contributed by atoms with E-state index in [9.17, 15) is 8.42 Å². The van der Waals surface area contributed by atoms with Crippen molar-refractivity contribution in [3.63, 3.8) is 0 Å². The van der Waals surface area contributed by atoms with Crippen LogP contribution in [0.25, 0.3) is 0 Å². The van der Waals surface area contributed by atoms with Gasteiger partial charge in [-0.05, 0) is 31.2 Å². The molecule has 26 heavy (non-hydrogen) atoms. The summed E-state index contributed by atoms with van der Waals surface area (Å²) in [5.74, 6) is 1.18. The highest BCUT2D eigenvalue weighted by Gasteiger charge is 2.21. The normalized spacial score (nSPS) is 12.3. The summed E-state index contributed by atoms with van der Waals surface area (Å²) in [6, 6.07) is 10.7. The predicted octanol–water partition coefficient (Wildman–Crippen LogP) is 2.96. The minimum atomic E-state index is -3.51. The lowest BCUT2D eigenvalue weighted by Crippen LogP contribution is -2.30. The fourth-order valence-corrected chi connectivity index (χ4v) is 3.86. The van der Waals surface area contributed by atoms with Gasteiger partial charge in [-0.25, -0.2) is 13.4 Å². The van der Waals surface area contributed by atoms with Crippen LogP contribution in [-0.4, -0.2) is 43.6 Å². The lowest BCUT2D eigenvalue weighted by molar-refractivity contribution is 0.414. The molecule has 0 amide bonds. The Balaban J connectivity index is 2.17. The summed E-state index contributed by atoms with van der Waals surface area (Å²) in [4.78, 5) is 4.31. The van der Waals surface area contributed by atoms with Gasteiger partial charge < -0.3 is 4.74 Å². The van der Waals surface area contributed by atoms with E-state index in [0.717, 1.165) is 17.0 Å². The van der Waals surface area contributed by atoms with E-state index >= 15 is 0 Å². The van der Waals surface area contributed by atoms with Crippen LogP contribution >= 0.6 is 0 Å². The number of nitrogens with zero attached hydrogens (tertiary/aromatic N) is 3. The van der Waals surface area contributed by atoms with Crippen LogP contribution in [0.15, 0.2) is 52.6 Å². The van der Waals surface area contributed by atoms with Gasteiger partial charge in [0.05, 0.1) is 12.8 Å². The van der Waals surface area contributed by atoms with Crippen molar-refractivity contribution in [3.8, 4) is 5.75 Å². The highest BCUT2D eigenvalue weighted by atomic mass is 32.2. The zero-order valence-corrected chi connectivity index (χ0v) is 16.2. The number of hydrogen-bond acceptors (Lipinski definition) is 6. The molecule has 0 aliphatic carbocycles. The molecule has 0 saturated heterocycles. The standard InChI is InChI=1S/C18H24N4O3S/c1-5-22(6-2)26(23,24)15-11-12-18(19-13-15)21-20-14(3)16-9-7-8-10-17(16)25-4/h7-13H,5-6H2,1-4H3,(H,19,21)/b20-14+. The molecular formula is C18H24N4O3S. The third-order valence-corrected chi connectivity index (χ3v) is 5.95. The highest BCUT2D eigenvalue weighted by molar-refractivity contribution is 7.89. The molecule has 2 rings (SSSR count). The molecule has 1 aromatic heterocycles. The summed E-state index contributed by atoms with van der Waals surface area (Å²) < 4.78 is 31.6. The molecule has 1 aromatic carbocycles. The van der Waals surface area contributed by atoms with Crippen LogP contribution in [0.3, 0.4) is 0 Å². The number of pyridine rings is 1. The fraction of sp³-hybridized carbons (Fsp3) is 0.333. The van der Waals surface area contributed by atoms with Crippen molar-refractivity contribution in [3.05, 3.63) is 48.2 Å². The predicted molar refractivity (Wildman–Crippen MR) is 103 cm³/mol. The number of sulfonamides is 1. The summed E-state index contributed by atoms with van der Waals surface area (Å²) in [7, 11) is -1.90. The van der Waals surface area contributed by atoms with Crippen molar-refractivity contribution in [1.82, 2.24) is 9.29 Å². The molecule has 0 fully saturated rings. The minimum absolute atomic E-state index is 0.164. The van der Waals surface area contributed by atoms with Crippen LogP contribution in [0.4, 0.5) is 5.82 Å². The van der Waals surface area contributed by atoms with E-state index in [0.29, 0.717) is 18.9 Å². The molecule has 1 heterocycles. The zero-order valence-electron chi connectivity index (χ0n) is 15.4. The van der Waals surface area contributed by atoms with E-state index in [-0.39, 0.29) is 4.90 Å². The number of methoxy groups -OCH3 is 1. The highest BCUT2D eigenvalue weighted by Crippen LogP contribution is 2.19. The third-order valence-electron chi connectivity index (χ3n) is 3.91. The number of nitrogens with one attached hydrogen (secondary N) is 1. The number of ether oxygens (including phenoxy) is 1. The largest absolute Gasteiger partial charge is 0.496 e. The Labute approximate surface area is 154 Å². The Kier molecular flexibility index (Phi) is 6.70. The van der Waals surface area contributed by atoms with Crippen molar-refractivity contribution in [1.29, 1.82) is 0 Å². The van der Waals surface area contributed by atoms with Crippen LogP contribution in [0.1, 0.15) is 26.3 Å². The van der Waals surface area contributed by atoms with Crippen LogP contribution in [-0.2, 0) is 10.0 Å². The number of hydrazone groups is 1. The van der Waals surface area contributed by atoms with E-state index in [1.165, 1.54) is 16.6 Å². The average Bonchev–Trinajstić information content (AvgIpc) is 2.67. The van der Waals surface area contributed by atoms with Gasteiger partial charge in [-0.1, -0.05) is 26.0 Å². The summed E-state index contributed by atoms with van der Waals surface area (Å²) in [5, 5.41) is 4.30. The SMILES string of the molecule is CCN(CC)S(=O)(=O)c1ccc(N/N=C(\C)c2ccccc2OC)nc1. The molecule has 0 atom stereocenters. The Bertz CT molecular complexity index is 860. The Morgan fingerprint density at radius 3 is 2.46 bits per heavy atom. The zero-order chi connectivity index (χ0) is 19.2. The number of benzene rings is 1. The molecule has 0 aliphatic rings. The molecule has 140 valence electrons. The number of rotatable bonds is 8. The second-order valence-electron chi connectivity index (χ2n) is 5.48. The van der Waals surface area contributed by atoms with Crippen LogP contribution in [0.2, 0.25) is 0 Å². The van der Waals surface area contributed by atoms with Gasteiger partial charge in [-0.2, -0.15) is 9.41 Å². The molecule has 0 saturated carbocycles. The average molecular weight is 376 g/mol. The van der Waals surface area contributed by atoms with E-state index < -0.39 is 10.0 Å². The van der Waals surface area contributed by atoms with Gasteiger partial charge in [0.2, 0.25) is 10.0 Å². The first-order valence-electron chi connectivity index (χ1n) is 8.33. The van der Waals surface area contributed by atoms with Gasteiger partial charge in [-0.15, -0.1) is 0 Å². The summed E-state index contributed by atoms with van der Waals surface area (Å²) >= 11 is 0. The van der Waals surface area contributed by atoms with Gasteiger partial charge in [0, 0.05) is 24.8 Å². The smallest absolute Gasteiger partial charge is 0.244 e. The number of anilines is 1. The van der Waals surface area contributed by atoms with E-state index in [2.05, 4.69) is 15.5 Å². The maximum absolute atomic E-state index is 12.5. The first kappa shape index (κ1) is 19.9. The molecule has 2 aromatic rings. The van der Waals surface area contributed by atoms with Crippen molar-refractivity contribution in [2.24, 2.45) is 5.10 Å². The lowest BCUT2D eigenvalue weighted by atomic mass is 10.1. The lowest BCUT2D eigenvalue weighted by Gasteiger charge is -2.18. The molecule has 1 N–H and O–H groups in total. The molecule has 7 nitrogen and oxygen atoms in total. The quantitative estimate of drug-likeness (QED) is 0.566. The van der Waals surface area contributed by atoms with Crippen LogP contribution in [0, 0.1) is 0 Å². The molecular weight excluding hydrogens is 352 g/mol. The second kappa shape index (κ2) is 8.77. The monoisotopic (exact) mass is 376 g/mol. The van der Waals surface area contributed by atoms with Crippen LogP contribution < -0.4 is 10.2 Å². The Morgan fingerprint density at radius 2 is 1.88 bits per heavy atom. The summed E-state index contributed by atoms with van der Waals surface area (Å²) in [5.41, 5.74) is 4.43. The van der Waals surface area contributed by atoms with E-state index in [4.69, 9.17) is 4.74 Å². The number of aromatic nitrogens is 1. The first-order chi connectivity index (χ1) is 12.4. The maximum atomic E-state index is 12.5. The summed E-state index contributed by atoms with van der Waals surface area (Å²) in [6.07, 6.45) is 1.34. The molecule has 0 aliphatic heterocycles. The van der Waals surface area contributed by atoms with Crippen molar-refractivity contribution >= 4 is 21.6 Å². The van der Waals surface area contributed by atoms with Crippen LogP contribution in [0.5, 0.6) is 5.75 Å². The van der Waals surface area contributed by atoms with Gasteiger partial charge in [0.15, 0.2) is 0 Å². The van der Waals surface area contributed by atoms with Crippen molar-refractivity contribution in [2.75, 3.05) is 25.6 Å². The number of para-hydroxylation sites is 1. The fourth-order valence-electron chi connectivity index (χ4n) is 2.46. The minimum Gasteiger partial charge on any atom is -0.496 e. The molecule has 0 bridgehead atoms. The van der Waals surface area contributed by atoms with Crippen molar-refractivity contribution < 1.29 is 13.2 Å². The van der Waals surface area contributed by atoms with E-state index in [1.807, 2.05) is 31.2 Å². The third kappa shape index (κ3) is 4.39. The van der Waals surface area contributed by atoms with Crippen molar-refractivity contribution in [2.45, 2.75) is 25.7 Å². The Morgan fingerprint density at radius 1 is 1.19 bits per heavy atom. The molecule has 0 spiro atoms. The molecule has 0 unspecified atom stereocenters. The van der Waals surface area contributed by atoms with Gasteiger partial charge in [-0.3, -0.25) is 5.43 Å². The topological polar surface area (TPSA) is 83.9 Å². The van der Waals surface area contributed by atoms with Gasteiger partial charge >= 0.3 is 0 Å². The molecule has 0 radical (unpaired) electrons. The van der Waals surface area contributed by atoms with E-state index in [1.54, 1.807) is 27.0 Å². The molecule has 8 heteroatoms. The second-order valence-corrected chi connectivity index (χ2v) is 7.42. The first-order valence-corrected chi connectivity index (χ1v) is 9.77. The summed E-state index contributed by atoms with van der Waals surface area (Å²) in [6.45, 7) is 6.30. The van der Waals surface area contributed by atoms with Gasteiger partial charge in [0.25, 0.3) is 0 Å². The van der Waals surface area contributed by atoms with Gasteiger partial charge in [0.1, 0.15) is 16.5 Å². The Hall–Kier alpha value is -2.45. The number of hydrogen-bond donors (Lipinski definition) is 1. The maximum Gasteiger partial charge on any atom is 0.244 e.